The minimum atomic E-state index is -2.95. The lowest BCUT2D eigenvalue weighted by Gasteiger charge is -2.35. The van der Waals surface area contributed by atoms with Gasteiger partial charge < -0.3 is 15.5 Å². The minimum absolute atomic E-state index is 0.0434. The molecule has 1 heterocycles. The summed E-state index contributed by atoms with van der Waals surface area (Å²) in [6.45, 7) is 0.968. The van der Waals surface area contributed by atoms with Crippen molar-refractivity contribution < 1.29 is 19.0 Å². The summed E-state index contributed by atoms with van der Waals surface area (Å²) >= 11 is 0. The Morgan fingerprint density at radius 3 is 2.33 bits per heavy atom. The smallest absolute Gasteiger partial charge is 0.251 e. The van der Waals surface area contributed by atoms with Crippen molar-refractivity contribution in [2.75, 3.05) is 13.1 Å². The van der Waals surface area contributed by atoms with Gasteiger partial charge in [-0.05, 0) is 6.92 Å². The summed E-state index contributed by atoms with van der Waals surface area (Å²) in [5.74, 6) is -4.14. The Hall–Kier alpha value is -0.260. The average molecular weight is 181 g/mol. The fourth-order valence-corrected chi connectivity index (χ4v) is 1.38. The Morgan fingerprint density at radius 2 is 1.92 bits per heavy atom. The zero-order valence-electron chi connectivity index (χ0n) is 6.80. The van der Waals surface area contributed by atoms with Crippen molar-refractivity contribution in [3.8, 4) is 0 Å². The Morgan fingerprint density at radius 1 is 1.33 bits per heavy atom. The second-order valence-corrected chi connectivity index (χ2v) is 3.28. The standard InChI is InChI=1S/C7H13F2NO2/c1-7(8,9)4-2-10-3-5(11)6(4)12/h4-6,10-12H,2-3H2,1H3. The van der Waals surface area contributed by atoms with Crippen LogP contribution in [0.15, 0.2) is 0 Å². The average Bonchev–Trinajstić information content (AvgIpc) is 1.92. The molecular formula is C7H13F2NO2. The molecule has 3 atom stereocenters. The van der Waals surface area contributed by atoms with Gasteiger partial charge in [0.2, 0.25) is 0 Å². The van der Waals surface area contributed by atoms with Gasteiger partial charge in [0.05, 0.1) is 18.1 Å². The summed E-state index contributed by atoms with van der Waals surface area (Å²) in [5, 5.41) is 20.9. The Kier molecular flexibility index (Phi) is 2.65. The summed E-state index contributed by atoms with van der Waals surface area (Å²) in [7, 11) is 0. The van der Waals surface area contributed by atoms with E-state index >= 15 is 0 Å². The van der Waals surface area contributed by atoms with E-state index in [0.717, 1.165) is 6.92 Å². The van der Waals surface area contributed by atoms with E-state index in [4.69, 9.17) is 5.11 Å². The minimum Gasteiger partial charge on any atom is -0.390 e. The summed E-state index contributed by atoms with van der Waals surface area (Å²) in [6, 6.07) is 0. The summed E-state index contributed by atoms with van der Waals surface area (Å²) in [5.41, 5.74) is 0. The number of alkyl halides is 2. The zero-order valence-corrected chi connectivity index (χ0v) is 6.80. The normalized spacial score (nSPS) is 38.2. The first kappa shape index (κ1) is 9.83. The topological polar surface area (TPSA) is 52.5 Å². The van der Waals surface area contributed by atoms with Crippen molar-refractivity contribution in [2.24, 2.45) is 5.92 Å². The number of aliphatic hydroxyl groups is 2. The van der Waals surface area contributed by atoms with Crippen LogP contribution in [0.25, 0.3) is 0 Å². The molecule has 0 spiro atoms. The zero-order chi connectivity index (χ0) is 9.35. The molecule has 1 rings (SSSR count). The third-order valence-electron chi connectivity index (χ3n) is 2.18. The maximum absolute atomic E-state index is 12.7. The number of β-amino-alcohol motifs (C(OH)–C–C–N with tert-alkyl or cyclic N) is 1. The molecule has 3 unspecified atom stereocenters. The molecule has 3 nitrogen and oxygen atoms in total. The molecule has 72 valence electrons. The second kappa shape index (κ2) is 3.24. The first-order chi connectivity index (χ1) is 5.43. The first-order valence-electron chi connectivity index (χ1n) is 3.87. The van der Waals surface area contributed by atoms with E-state index in [1.165, 1.54) is 0 Å². The highest BCUT2D eigenvalue weighted by Gasteiger charge is 2.43. The molecule has 0 aromatic rings. The third-order valence-corrected chi connectivity index (χ3v) is 2.18. The molecule has 1 aliphatic rings. The van der Waals surface area contributed by atoms with Crippen molar-refractivity contribution in [1.82, 2.24) is 5.32 Å². The van der Waals surface area contributed by atoms with E-state index in [2.05, 4.69) is 5.32 Å². The lowest BCUT2D eigenvalue weighted by Crippen LogP contribution is -2.55. The molecule has 0 bridgehead atoms. The lowest BCUT2D eigenvalue weighted by molar-refractivity contribution is -0.133. The van der Waals surface area contributed by atoms with Gasteiger partial charge in [-0.3, -0.25) is 0 Å². The highest BCUT2D eigenvalue weighted by molar-refractivity contribution is 4.90. The van der Waals surface area contributed by atoms with Gasteiger partial charge in [0, 0.05) is 13.1 Å². The molecule has 1 saturated heterocycles. The summed E-state index contributed by atoms with van der Waals surface area (Å²) in [4.78, 5) is 0. The van der Waals surface area contributed by atoms with Gasteiger partial charge in [-0.2, -0.15) is 0 Å². The predicted octanol–water partition coefficient (Wildman–Crippen LogP) is -0.417. The molecule has 0 aromatic carbocycles. The molecule has 5 heteroatoms. The van der Waals surface area contributed by atoms with Gasteiger partial charge in [-0.25, -0.2) is 8.78 Å². The maximum Gasteiger partial charge on any atom is 0.251 e. The number of hydrogen-bond donors (Lipinski definition) is 3. The number of nitrogens with one attached hydrogen (secondary N) is 1. The van der Waals surface area contributed by atoms with Crippen molar-refractivity contribution >= 4 is 0 Å². The Bertz CT molecular complexity index is 160. The van der Waals surface area contributed by atoms with Gasteiger partial charge in [0.1, 0.15) is 0 Å². The Labute approximate surface area is 69.4 Å². The van der Waals surface area contributed by atoms with Crippen LogP contribution in [-0.2, 0) is 0 Å². The van der Waals surface area contributed by atoms with E-state index in [1.807, 2.05) is 0 Å². The van der Waals surface area contributed by atoms with E-state index in [-0.39, 0.29) is 13.1 Å². The summed E-state index contributed by atoms with van der Waals surface area (Å²) < 4.78 is 25.4. The third kappa shape index (κ3) is 1.91. The quantitative estimate of drug-likeness (QED) is 0.515. The second-order valence-electron chi connectivity index (χ2n) is 3.28. The molecular weight excluding hydrogens is 168 g/mol. The summed E-state index contributed by atoms with van der Waals surface area (Å²) in [6.07, 6.45) is -2.42. The van der Waals surface area contributed by atoms with Crippen molar-refractivity contribution in [2.45, 2.75) is 25.1 Å². The first-order valence-corrected chi connectivity index (χ1v) is 3.87. The number of rotatable bonds is 1. The van der Waals surface area contributed by atoms with Gasteiger partial charge in [0.25, 0.3) is 5.92 Å². The van der Waals surface area contributed by atoms with Gasteiger partial charge >= 0.3 is 0 Å². The molecule has 0 aliphatic carbocycles. The fourth-order valence-electron chi connectivity index (χ4n) is 1.38. The van der Waals surface area contributed by atoms with Crippen molar-refractivity contribution in [3.63, 3.8) is 0 Å². The number of aliphatic hydroxyl groups excluding tert-OH is 2. The lowest BCUT2D eigenvalue weighted by atomic mass is 9.89. The van der Waals surface area contributed by atoms with Crippen molar-refractivity contribution in [1.29, 1.82) is 0 Å². The monoisotopic (exact) mass is 181 g/mol. The van der Waals surface area contributed by atoms with Crippen LogP contribution >= 0.6 is 0 Å². The molecule has 0 saturated carbocycles. The number of hydrogen-bond acceptors (Lipinski definition) is 3. The van der Waals surface area contributed by atoms with E-state index in [0.29, 0.717) is 0 Å². The van der Waals surface area contributed by atoms with Crippen LogP contribution in [0.2, 0.25) is 0 Å². The highest BCUT2D eigenvalue weighted by Crippen LogP contribution is 2.29. The van der Waals surface area contributed by atoms with E-state index in [9.17, 15) is 13.9 Å². The predicted molar refractivity (Wildman–Crippen MR) is 39.0 cm³/mol. The molecule has 0 radical (unpaired) electrons. The maximum atomic E-state index is 12.7. The molecule has 3 N–H and O–H groups in total. The van der Waals surface area contributed by atoms with Crippen LogP contribution in [0.1, 0.15) is 6.92 Å². The molecule has 0 aromatic heterocycles. The van der Waals surface area contributed by atoms with E-state index < -0.39 is 24.0 Å². The molecule has 1 fully saturated rings. The van der Waals surface area contributed by atoms with Crippen LogP contribution in [0.3, 0.4) is 0 Å². The van der Waals surface area contributed by atoms with Crippen LogP contribution in [-0.4, -0.2) is 41.4 Å². The van der Waals surface area contributed by atoms with Crippen LogP contribution in [0.4, 0.5) is 8.78 Å². The Balaban J connectivity index is 2.64. The number of halogens is 2. The van der Waals surface area contributed by atoms with Gasteiger partial charge in [-0.1, -0.05) is 0 Å². The van der Waals surface area contributed by atoms with E-state index in [1.54, 1.807) is 0 Å². The largest absolute Gasteiger partial charge is 0.390 e. The van der Waals surface area contributed by atoms with Gasteiger partial charge in [-0.15, -0.1) is 0 Å². The van der Waals surface area contributed by atoms with Crippen LogP contribution in [0.5, 0.6) is 0 Å². The SMILES string of the molecule is CC(F)(F)C1CNCC(O)C1O. The van der Waals surface area contributed by atoms with Gasteiger partial charge in [0.15, 0.2) is 0 Å². The fraction of sp³-hybridized carbons (Fsp3) is 1.00. The molecule has 12 heavy (non-hydrogen) atoms. The van der Waals surface area contributed by atoms with Crippen molar-refractivity contribution in [3.05, 3.63) is 0 Å². The number of piperidine rings is 1. The van der Waals surface area contributed by atoms with Crippen LogP contribution < -0.4 is 5.32 Å². The van der Waals surface area contributed by atoms with Crippen LogP contribution in [0, 0.1) is 5.92 Å². The highest BCUT2D eigenvalue weighted by atomic mass is 19.3. The molecule has 1 aliphatic heterocycles. The molecule has 0 amide bonds.